The fraction of sp³-hybridized carbons (Fsp3) is 0.647. The molecule has 2 heterocycles. The fourth-order valence-electron chi connectivity index (χ4n) is 2.75. The van der Waals surface area contributed by atoms with Gasteiger partial charge in [-0.2, -0.15) is 0 Å². The van der Waals surface area contributed by atoms with Crippen molar-refractivity contribution in [3.05, 3.63) is 24.0 Å². The monoisotopic (exact) mass is 321 g/mol. The molecule has 1 aromatic heterocycles. The Hall–Kier alpha value is -1.82. The lowest BCUT2D eigenvalue weighted by atomic mass is 9.97. The zero-order valence-corrected chi connectivity index (χ0v) is 14.4. The predicted molar refractivity (Wildman–Crippen MR) is 88.2 cm³/mol. The van der Waals surface area contributed by atoms with Crippen molar-refractivity contribution < 1.29 is 14.6 Å². The first-order valence-electron chi connectivity index (χ1n) is 8.13. The van der Waals surface area contributed by atoms with E-state index in [2.05, 4.69) is 10.3 Å². The summed E-state index contributed by atoms with van der Waals surface area (Å²) in [4.78, 5) is 18.3. The van der Waals surface area contributed by atoms with E-state index in [4.69, 9.17) is 4.74 Å². The minimum absolute atomic E-state index is 0.0655. The van der Waals surface area contributed by atoms with Crippen LogP contribution < -0.4 is 5.32 Å². The highest BCUT2D eigenvalue weighted by Crippen LogP contribution is 2.21. The number of likely N-dealkylation sites (tertiary alicyclic amines) is 1. The number of ether oxygens (including phenoxy) is 1. The number of rotatable bonds is 3. The molecule has 1 aliphatic rings. The van der Waals surface area contributed by atoms with Crippen molar-refractivity contribution in [2.24, 2.45) is 0 Å². The smallest absolute Gasteiger partial charge is 0.410 e. The van der Waals surface area contributed by atoms with Crippen molar-refractivity contribution >= 4 is 6.09 Å². The number of aromatic hydroxyl groups is 1. The van der Waals surface area contributed by atoms with Gasteiger partial charge in [0.25, 0.3) is 0 Å². The molecule has 0 radical (unpaired) electrons. The van der Waals surface area contributed by atoms with Crippen LogP contribution in [-0.2, 0) is 11.3 Å². The molecule has 2 N–H and O–H groups in total. The van der Waals surface area contributed by atoms with E-state index in [1.54, 1.807) is 17.0 Å². The topological polar surface area (TPSA) is 74.7 Å². The zero-order chi connectivity index (χ0) is 17.0. The third kappa shape index (κ3) is 5.10. The molecule has 0 bridgehead atoms. The summed E-state index contributed by atoms with van der Waals surface area (Å²) in [7, 11) is 0. The molecular weight excluding hydrogens is 294 g/mol. The summed E-state index contributed by atoms with van der Waals surface area (Å²) in [5.41, 5.74) is 0.386. The molecule has 6 heteroatoms. The van der Waals surface area contributed by atoms with Crippen LogP contribution in [0.1, 0.15) is 46.2 Å². The van der Waals surface area contributed by atoms with Crippen molar-refractivity contribution in [2.75, 3.05) is 6.54 Å². The molecule has 1 aromatic rings. The van der Waals surface area contributed by atoms with E-state index < -0.39 is 5.60 Å². The van der Waals surface area contributed by atoms with E-state index >= 15 is 0 Å². The molecule has 2 unspecified atom stereocenters. The average Bonchev–Trinajstić information content (AvgIpc) is 2.46. The summed E-state index contributed by atoms with van der Waals surface area (Å²) in [5, 5.41) is 12.7. The molecule has 6 nitrogen and oxygen atoms in total. The third-order valence-electron chi connectivity index (χ3n) is 3.97. The van der Waals surface area contributed by atoms with Crippen LogP contribution in [0.2, 0.25) is 0 Å². The van der Waals surface area contributed by atoms with Crippen LogP contribution in [0.3, 0.4) is 0 Å². The number of amides is 1. The number of carbonyl (C=O) groups is 1. The Morgan fingerprint density at radius 2 is 2.22 bits per heavy atom. The summed E-state index contributed by atoms with van der Waals surface area (Å²) in [6.45, 7) is 9.03. The molecule has 0 spiro atoms. The molecule has 2 atom stereocenters. The second-order valence-corrected chi connectivity index (χ2v) is 7.05. The van der Waals surface area contributed by atoms with Crippen LogP contribution in [0.25, 0.3) is 0 Å². The molecular formula is C17H27N3O3. The maximum absolute atomic E-state index is 12.3. The van der Waals surface area contributed by atoms with Crippen molar-refractivity contribution in [3.8, 4) is 5.75 Å². The van der Waals surface area contributed by atoms with Crippen molar-refractivity contribution in [1.29, 1.82) is 0 Å². The average molecular weight is 321 g/mol. The van der Waals surface area contributed by atoms with Crippen LogP contribution in [0.5, 0.6) is 5.75 Å². The third-order valence-corrected chi connectivity index (χ3v) is 3.97. The lowest BCUT2D eigenvalue weighted by Gasteiger charge is -2.40. The number of hydrogen-bond acceptors (Lipinski definition) is 5. The van der Waals surface area contributed by atoms with E-state index in [9.17, 15) is 9.90 Å². The SMILES string of the molecule is CC1C(NCc2ccc(O)cn2)CCCN1C(=O)OC(C)(C)C. The highest BCUT2D eigenvalue weighted by atomic mass is 16.6. The lowest BCUT2D eigenvalue weighted by Crippen LogP contribution is -2.55. The number of pyridine rings is 1. The highest BCUT2D eigenvalue weighted by Gasteiger charge is 2.33. The number of nitrogens with zero attached hydrogens (tertiary/aromatic N) is 2. The molecule has 1 fully saturated rings. The van der Waals surface area contributed by atoms with Gasteiger partial charge in [-0.3, -0.25) is 4.98 Å². The van der Waals surface area contributed by atoms with Crippen molar-refractivity contribution in [3.63, 3.8) is 0 Å². The van der Waals surface area contributed by atoms with Gasteiger partial charge in [-0.05, 0) is 52.7 Å². The Morgan fingerprint density at radius 3 is 2.83 bits per heavy atom. The van der Waals surface area contributed by atoms with Crippen molar-refractivity contribution in [2.45, 2.75) is 64.8 Å². The summed E-state index contributed by atoms with van der Waals surface area (Å²) in [5.74, 6) is 0.163. The largest absolute Gasteiger partial charge is 0.506 e. The zero-order valence-electron chi connectivity index (χ0n) is 14.4. The van der Waals surface area contributed by atoms with Gasteiger partial charge in [0, 0.05) is 25.2 Å². The highest BCUT2D eigenvalue weighted by molar-refractivity contribution is 5.68. The summed E-state index contributed by atoms with van der Waals surface area (Å²) in [6.07, 6.45) is 3.15. The van der Waals surface area contributed by atoms with Gasteiger partial charge in [0.15, 0.2) is 0 Å². The van der Waals surface area contributed by atoms with E-state index in [-0.39, 0.29) is 23.9 Å². The quantitative estimate of drug-likeness (QED) is 0.895. The molecule has 1 amide bonds. The predicted octanol–water partition coefficient (Wildman–Crippen LogP) is 2.66. The Bertz CT molecular complexity index is 525. The van der Waals surface area contributed by atoms with Gasteiger partial charge in [-0.15, -0.1) is 0 Å². The number of hydrogen-bond donors (Lipinski definition) is 2. The Balaban J connectivity index is 1.92. The maximum Gasteiger partial charge on any atom is 0.410 e. The Kier molecular flexibility index (Phi) is 5.46. The van der Waals surface area contributed by atoms with E-state index in [0.717, 1.165) is 25.1 Å². The van der Waals surface area contributed by atoms with Gasteiger partial charge in [-0.1, -0.05) is 0 Å². The van der Waals surface area contributed by atoms with Crippen LogP contribution >= 0.6 is 0 Å². The minimum Gasteiger partial charge on any atom is -0.506 e. The standard InChI is InChI=1S/C17H27N3O3/c1-12-15(19-10-13-7-8-14(21)11-18-13)6-5-9-20(12)16(22)23-17(2,3)4/h7-8,11-12,15,19,21H,5-6,9-10H2,1-4H3. The van der Waals surface area contributed by atoms with Crippen molar-refractivity contribution in [1.82, 2.24) is 15.2 Å². The first-order valence-corrected chi connectivity index (χ1v) is 8.13. The maximum atomic E-state index is 12.3. The van der Waals surface area contributed by atoms with Crippen LogP contribution in [0.4, 0.5) is 4.79 Å². The number of carbonyl (C=O) groups excluding carboxylic acids is 1. The molecule has 2 rings (SSSR count). The van der Waals surface area contributed by atoms with Gasteiger partial charge >= 0.3 is 6.09 Å². The molecule has 0 aliphatic carbocycles. The summed E-state index contributed by atoms with van der Waals surface area (Å²) >= 11 is 0. The van der Waals surface area contributed by atoms with Gasteiger partial charge in [-0.25, -0.2) is 4.79 Å². The molecule has 0 saturated carbocycles. The number of aromatic nitrogens is 1. The Labute approximate surface area is 137 Å². The van der Waals surface area contributed by atoms with Crippen LogP contribution in [0.15, 0.2) is 18.3 Å². The first kappa shape index (κ1) is 17.5. The van der Waals surface area contributed by atoms with Gasteiger partial charge in [0.2, 0.25) is 0 Å². The normalized spacial score (nSPS) is 22.0. The molecule has 128 valence electrons. The second-order valence-electron chi connectivity index (χ2n) is 7.05. The minimum atomic E-state index is -0.479. The van der Waals surface area contributed by atoms with Gasteiger partial charge in [0.1, 0.15) is 11.4 Å². The van der Waals surface area contributed by atoms with Crippen LogP contribution in [-0.4, -0.2) is 45.3 Å². The summed E-state index contributed by atoms with van der Waals surface area (Å²) < 4.78 is 5.49. The van der Waals surface area contributed by atoms with Gasteiger partial charge in [0.05, 0.1) is 11.9 Å². The Morgan fingerprint density at radius 1 is 1.48 bits per heavy atom. The molecule has 1 aliphatic heterocycles. The second kappa shape index (κ2) is 7.17. The molecule has 23 heavy (non-hydrogen) atoms. The fourth-order valence-corrected chi connectivity index (χ4v) is 2.75. The van der Waals surface area contributed by atoms with E-state index in [1.165, 1.54) is 6.20 Å². The molecule has 0 aromatic carbocycles. The van der Waals surface area contributed by atoms with E-state index in [0.29, 0.717) is 6.54 Å². The van der Waals surface area contributed by atoms with Gasteiger partial charge < -0.3 is 20.1 Å². The number of nitrogens with one attached hydrogen (secondary N) is 1. The first-order chi connectivity index (χ1) is 10.8. The summed E-state index contributed by atoms with van der Waals surface area (Å²) in [6, 6.07) is 3.69. The number of piperidine rings is 1. The lowest BCUT2D eigenvalue weighted by molar-refractivity contribution is 0.00697. The molecule has 1 saturated heterocycles. The van der Waals surface area contributed by atoms with Crippen LogP contribution in [0, 0.1) is 0 Å². The van der Waals surface area contributed by atoms with E-state index in [1.807, 2.05) is 27.7 Å².